The summed E-state index contributed by atoms with van der Waals surface area (Å²) in [5.41, 5.74) is 2.18. The lowest BCUT2D eigenvalue weighted by molar-refractivity contribution is -0.122. The van der Waals surface area contributed by atoms with Crippen LogP contribution in [0.2, 0.25) is 0 Å². The van der Waals surface area contributed by atoms with Gasteiger partial charge in [-0.05, 0) is 55.8 Å². The fourth-order valence-corrected chi connectivity index (χ4v) is 4.08. The molecule has 0 aromatic heterocycles. The standard InChI is InChI=1S/C21H24N2O6S/c1-4-28-21(25)15-6-8-16(9-7-15)22-20(24)19-11-12-23(30(3,26)27)17-13-14(2)5-10-18(17)29-19/h5-10,13,19H,4,11-12H2,1-3H3,(H,22,24)/t19-/m0/s1. The maximum Gasteiger partial charge on any atom is 0.338 e. The van der Waals surface area contributed by atoms with E-state index in [-0.39, 0.29) is 19.6 Å². The zero-order valence-electron chi connectivity index (χ0n) is 17.0. The number of benzene rings is 2. The van der Waals surface area contributed by atoms with Crippen LogP contribution in [0.25, 0.3) is 0 Å². The highest BCUT2D eigenvalue weighted by Crippen LogP contribution is 2.35. The zero-order valence-corrected chi connectivity index (χ0v) is 17.9. The monoisotopic (exact) mass is 432 g/mol. The predicted octanol–water partition coefficient (Wildman–Crippen LogP) is 2.73. The van der Waals surface area contributed by atoms with Crippen LogP contribution in [0.15, 0.2) is 42.5 Å². The number of hydrogen-bond acceptors (Lipinski definition) is 6. The van der Waals surface area contributed by atoms with Gasteiger partial charge < -0.3 is 14.8 Å². The number of nitrogens with one attached hydrogen (secondary N) is 1. The van der Waals surface area contributed by atoms with Gasteiger partial charge in [0.05, 0.1) is 24.1 Å². The molecule has 0 saturated carbocycles. The second kappa shape index (κ2) is 8.74. The molecule has 8 nitrogen and oxygen atoms in total. The molecule has 3 rings (SSSR count). The number of anilines is 2. The number of ether oxygens (including phenoxy) is 2. The number of nitrogens with zero attached hydrogens (tertiary/aromatic N) is 1. The summed E-state index contributed by atoms with van der Waals surface area (Å²) < 4.78 is 36.6. The first kappa shape index (κ1) is 21.6. The minimum absolute atomic E-state index is 0.120. The van der Waals surface area contributed by atoms with Gasteiger partial charge in [0.15, 0.2) is 6.10 Å². The second-order valence-corrected chi connectivity index (χ2v) is 8.90. The number of amides is 1. The quantitative estimate of drug-likeness (QED) is 0.729. The molecule has 2 aromatic carbocycles. The number of aryl methyl sites for hydroxylation is 1. The van der Waals surface area contributed by atoms with Gasteiger partial charge in [0.25, 0.3) is 5.91 Å². The van der Waals surface area contributed by atoms with Crippen molar-refractivity contribution in [3.63, 3.8) is 0 Å². The summed E-state index contributed by atoms with van der Waals surface area (Å²) >= 11 is 0. The van der Waals surface area contributed by atoms with E-state index in [1.54, 1.807) is 49.4 Å². The zero-order chi connectivity index (χ0) is 21.9. The highest BCUT2D eigenvalue weighted by molar-refractivity contribution is 7.92. The molecule has 0 aliphatic carbocycles. The van der Waals surface area contributed by atoms with Crippen LogP contribution in [0.3, 0.4) is 0 Å². The minimum Gasteiger partial charge on any atom is -0.478 e. The van der Waals surface area contributed by atoms with E-state index in [9.17, 15) is 18.0 Å². The molecule has 9 heteroatoms. The fraction of sp³-hybridized carbons (Fsp3) is 0.333. The van der Waals surface area contributed by atoms with Gasteiger partial charge in [-0.15, -0.1) is 0 Å². The van der Waals surface area contributed by atoms with Gasteiger partial charge in [-0.2, -0.15) is 0 Å². The summed E-state index contributed by atoms with van der Waals surface area (Å²) in [6.45, 7) is 3.98. The largest absolute Gasteiger partial charge is 0.478 e. The summed E-state index contributed by atoms with van der Waals surface area (Å²) in [4.78, 5) is 24.5. The number of fused-ring (bicyclic) bond motifs is 1. The Hall–Kier alpha value is -3.07. The van der Waals surface area contributed by atoms with Crippen molar-refractivity contribution in [2.75, 3.05) is 29.0 Å². The Kier molecular flexibility index (Phi) is 6.31. The minimum atomic E-state index is -3.53. The van der Waals surface area contributed by atoms with Gasteiger partial charge in [-0.25, -0.2) is 13.2 Å². The van der Waals surface area contributed by atoms with Crippen LogP contribution in [0.1, 0.15) is 29.3 Å². The lowest BCUT2D eigenvalue weighted by atomic mass is 10.2. The Morgan fingerprint density at radius 3 is 2.53 bits per heavy atom. The molecule has 0 saturated heterocycles. The van der Waals surface area contributed by atoms with Crippen LogP contribution in [0.5, 0.6) is 5.75 Å². The average Bonchev–Trinajstić information content (AvgIpc) is 2.88. The molecule has 0 unspecified atom stereocenters. The van der Waals surface area contributed by atoms with Gasteiger partial charge in [0, 0.05) is 18.7 Å². The summed E-state index contributed by atoms with van der Waals surface area (Å²) in [6, 6.07) is 11.5. The van der Waals surface area contributed by atoms with Crippen LogP contribution in [-0.2, 0) is 19.6 Å². The normalized spacial score (nSPS) is 16.1. The Morgan fingerprint density at radius 2 is 1.90 bits per heavy atom. The fourth-order valence-electron chi connectivity index (χ4n) is 3.15. The van der Waals surface area contributed by atoms with E-state index in [1.165, 1.54) is 4.31 Å². The van der Waals surface area contributed by atoms with E-state index in [0.29, 0.717) is 22.7 Å². The van der Waals surface area contributed by atoms with Gasteiger partial charge >= 0.3 is 5.97 Å². The van der Waals surface area contributed by atoms with Crippen LogP contribution >= 0.6 is 0 Å². The highest BCUT2D eigenvalue weighted by atomic mass is 32.2. The Bertz CT molecular complexity index is 1050. The third-order valence-electron chi connectivity index (χ3n) is 4.60. The molecular formula is C21H24N2O6S. The van der Waals surface area contributed by atoms with Gasteiger partial charge in [-0.1, -0.05) is 6.07 Å². The van der Waals surface area contributed by atoms with Gasteiger partial charge in [0.1, 0.15) is 5.75 Å². The maximum atomic E-state index is 12.8. The topological polar surface area (TPSA) is 102 Å². The summed E-state index contributed by atoms with van der Waals surface area (Å²) in [7, 11) is -3.53. The van der Waals surface area contributed by atoms with E-state index in [1.807, 2.05) is 6.92 Å². The van der Waals surface area contributed by atoms with E-state index in [4.69, 9.17) is 9.47 Å². The highest BCUT2D eigenvalue weighted by Gasteiger charge is 2.31. The van der Waals surface area contributed by atoms with Gasteiger partial charge in [0.2, 0.25) is 10.0 Å². The Balaban J connectivity index is 1.77. The molecule has 1 aliphatic heterocycles. The molecule has 0 bridgehead atoms. The van der Waals surface area contributed by atoms with Crippen molar-refractivity contribution in [3.8, 4) is 5.75 Å². The molecule has 1 aliphatic rings. The van der Waals surface area contributed by atoms with Gasteiger partial charge in [-0.3, -0.25) is 9.10 Å². The molecular weight excluding hydrogens is 408 g/mol. The summed E-state index contributed by atoms with van der Waals surface area (Å²) in [5.74, 6) is -0.502. The second-order valence-electron chi connectivity index (χ2n) is 6.99. The first-order valence-corrected chi connectivity index (χ1v) is 11.4. The number of hydrogen-bond donors (Lipinski definition) is 1. The molecule has 0 fully saturated rings. The van der Waals surface area contributed by atoms with Crippen molar-refractivity contribution in [2.24, 2.45) is 0 Å². The van der Waals surface area contributed by atoms with Crippen molar-refractivity contribution in [1.82, 2.24) is 0 Å². The number of carbonyl (C=O) groups excluding carboxylic acids is 2. The van der Waals surface area contributed by atoms with Crippen LogP contribution < -0.4 is 14.4 Å². The van der Waals surface area contributed by atoms with Crippen LogP contribution in [-0.4, -0.2) is 45.8 Å². The van der Waals surface area contributed by atoms with Crippen molar-refractivity contribution < 1.29 is 27.5 Å². The molecule has 0 radical (unpaired) electrons. The first-order valence-electron chi connectivity index (χ1n) is 9.52. The molecule has 0 spiro atoms. The van der Waals surface area contributed by atoms with E-state index in [2.05, 4.69) is 5.32 Å². The SMILES string of the molecule is CCOC(=O)c1ccc(NC(=O)[C@@H]2CCN(S(C)(=O)=O)c3cc(C)ccc3O2)cc1. The molecule has 1 atom stereocenters. The smallest absolute Gasteiger partial charge is 0.338 e. The molecule has 30 heavy (non-hydrogen) atoms. The van der Waals surface area contributed by atoms with Crippen LogP contribution in [0, 0.1) is 6.92 Å². The Labute approximate surface area is 175 Å². The van der Waals surface area contributed by atoms with Crippen molar-refractivity contribution in [1.29, 1.82) is 0 Å². The number of esters is 1. The molecule has 1 N–H and O–H groups in total. The predicted molar refractivity (Wildman–Crippen MR) is 113 cm³/mol. The van der Waals surface area contributed by atoms with Crippen molar-refractivity contribution >= 4 is 33.3 Å². The molecule has 1 amide bonds. The Morgan fingerprint density at radius 1 is 1.20 bits per heavy atom. The maximum absolute atomic E-state index is 12.8. The summed E-state index contributed by atoms with van der Waals surface area (Å²) in [5, 5.41) is 2.75. The molecule has 2 aromatic rings. The molecule has 1 heterocycles. The lowest BCUT2D eigenvalue weighted by Crippen LogP contribution is -2.36. The van der Waals surface area contributed by atoms with Crippen LogP contribution in [0.4, 0.5) is 11.4 Å². The number of sulfonamides is 1. The number of carbonyl (C=O) groups is 2. The molecule has 160 valence electrons. The third-order valence-corrected chi connectivity index (χ3v) is 5.78. The van der Waals surface area contributed by atoms with E-state index in [0.717, 1.165) is 11.8 Å². The average molecular weight is 432 g/mol. The number of rotatable bonds is 5. The first-order chi connectivity index (χ1) is 14.2. The van der Waals surface area contributed by atoms with E-state index >= 15 is 0 Å². The van der Waals surface area contributed by atoms with E-state index < -0.39 is 28.0 Å². The van der Waals surface area contributed by atoms with Crippen molar-refractivity contribution in [3.05, 3.63) is 53.6 Å². The van der Waals surface area contributed by atoms with Crippen molar-refractivity contribution in [2.45, 2.75) is 26.4 Å². The summed E-state index contributed by atoms with van der Waals surface area (Å²) in [6.07, 6.45) is 0.445. The third kappa shape index (κ3) is 4.91. The lowest BCUT2D eigenvalue weighted by Gasteiger charge is -2.21.